The number of carbonyl (C=O) groups is 2. The number of benzene rings is 1. The molecule has 4 saturated heterocycles. The number of hydrogen-bond donors (Lipinski definition) is 4. The maximum absolute atomic E-state index is 14.7. The summed E-state index contributed by atoms with van der Waals surface area (Å²) < 4.78 is 39.0. The van der Waals surface area contributed by atoms with E-state index in [2.05, 4.69) is 10.3 Å². The number of hydrogen-bond acceptors (Lipinski definition) is 11. The highest BCUT2D eigenvalue weighted by Gasteiger charge is 2.54. The van der Waals surface area contributed by atoms with Gasteiger partial charge in [-0.1, -0.05) is 39.0 Å². The van der Waals surface area contributed by atoms with Gasteiger partial charge in [-0.15, -0.1) is 0 Å². The summed E-state index contributed by atoms with van der Waals surface area (Å²) >= 11 is 0. The summed E-state index contributed by atoms with van der Waals surface area (Å²) in [5.74, 6) is -2.39. The molecule has 2 amide bonds. The molecule has 0 aliphatic carbocycles. The third-order valence-corrected chi connectivity index (χ3v) is 13.0. The minimum Gasteiger partial charge on any atom is -0.454 e. The van der Waals surface area contributed by atoms with Gasteiger partial charge < -0.3 is 58.7 Å². The quantitative estimate of drug-likeness (QED) is 0.303. The Balaban J connectivity index is 1.39. The number of H-pyrrole nitrogens is 1. The molecular formula is C44H69N5O10. The summed E-state index contributed by atoms with van der Waals surface area (Å²) in [5, 5.41) is 27.9. The van der Waals surface area contributed by atoms with Crippen LogP contribution in [0, 0.1) is 17.8 Å². The predicted octanol–water partition coefficient (Wildman–Crippen LogP) is 3.99. The molecule has 1 aromatic heterocycles. The van der Waals surface area contributed by atoms with Crippen molar-refractivity contribution in [3.05, 3.63) is 36.0 Å². The Morgan fingerprint density at radius 3 is 2.44 bits per heavy atom. The highest BCUT2D eigenvalue weighted by atomic mass is 16.7. The summed E-state index contributed by atoms with van der Waals surface area (Å²) in [4.78, 5) is 40.8. The van der Waals surface area contributed by atoms with Crippen LogP contribution in [0.25, 0.3) is 10.9 Å². The van der Waals surface area contributed by atoms with Gasteiger partial charge in [-0.25, -0.2) is 4.99 Å². The number of carbonyl (C=O) groups excluding carboxylic acids is 2. The van der Waals surface area contributed by atoms with Gasteiger partial charge in [0.05, 0.1) is 47.6 Å². The summed E-state index contributed by atoms with van der Waals surface area (Å²) in [7, 11) is 5.24. The summed E-state index contributed by atoms with van der Waals surface area (Å²) in [6.45, 7) is 17.3. The van der Waals surface area contributed by atoms with Crippen LogP contribution in [0.15, 0.2) is 35.5 Å². The molecule has 2 aromatic rings. The molecular weight excluding hydrogens is 759 g/mol. The molecule has 5 heterocycles. The average Bonchev–Trinajstić information content (AvgIpc) is 3.72. The van der Waals surface area contributed by atoms with Crippen molar-refractivity contribution in [3.8, 4) is 0 Å². The number of aliphatic hydroxyl groups is 2. The number of aliphatic hydroxyl groups excluding tert-OH is 1. The Bertz CT molecular complexity index is 1800. The SMILES string of the molecule is CO[C@]1(C)C[C@H](O[C@H]2[C@H](C)[C@@H](O[C@@H]3O[C@H](C)CC4C3OC(=NC(C)C)N4C)[C@](C)(O)C[C@@H](C)CN(C)C(=O)[C@H](Cc3c[nH]c4ccccc34)NC(=O)[C@@H]2C)O[C@@H](C)[C@@H]1O. The van der Waals surface area contributed by atoms with E-state index in [9.17, 15) is 19.8 Å². The number of ether oxygens (including phenoxy) is 6. The van der Waals surface area contributed by atoms with Crippen LogP contribution in [-0.4, -0.2) is 149 Å². The van der Waals surface area contributed by atoms with Gasteiger partial charge in [0.15, 0.2) is 18.7 Å². The first-order chi connectivity index (χ1) is 27.7. The van der Waals surface area contributed by atoms with Crippen LogP contribution >= 0.6 is 0 Å². The second kappa shape index (κ2) is 18.0. The lowest BCUT2D eigenvalue weighted by atomic mass is 9.77. The van der Waals surface area contributed by atoms with Crippen LogP contribution in [-0.2, 0) is 44.4 Å². The maximum atomic E-state index is 14.7. The number of aromatic amines is 1. The lowest BCUT2D eigenvalue weighted by molar-refractivity contribution is -0.313. The van der Waals surface area contributed by atoms with Crippen molar-refractivity contribution in [2.24, 2.45) is 22.7 Å². The zero-order valence-electron chi connectivity index (χ0n) is 37.0. The first-order valence-corrected chi connectivity index (χ1v) is 21.4. The molecule has 1 aromatic carbocycles. The predicted molar refractivity (Wildman–Crippen MR) is 222 cm³/mol. The van der Waals surface area contributed by atoms with Crippen LogP contribution in [0.1, 0.15) is 87.1 Å². The van der Waals surface area contributed by atoms with E-state index in [1.54, 1.807) is 39.6 Å². The van der Waals surface area contributed by atoms with Gasteiger partial charge in [0.1, 0.15) is 12.1 Å². The van der Waals surface area contributed by atoms with Crippen molar-refractivity contribution in [2.45, 2.75) is 167 Å². The van der Waals surface area contributed by atoms with Gasteiger partial charge in [0.25, 0.3) is 6.02 Å². The van der Waals surface area contributed by atoms with E-state index in [1.165, 1.54) is 7.11 Å². The molecule has 0 saturated carbocycles. The number of amidine groups is 1. The fourth-order valence-electron chi connectivity index (χ4n) is 9.83. The smallest absolute Gasteiger partial charge is 0.288 e. The van der Waals surface area contributed by atoms with Gasteiger partial charge in [0.2, 0.25) is 11.8 Å². The number of nitrogens with zero attached hydrogens (tertiary/aromatic N) is 3. The van der Waals surface area contributed by atoms with Crippen molar-refractivity contribution < 1.29 is 48.2 Å². The first kappa shape index (κ1) is 45.2. The van der Waals surface area contributed by atoms with Crippen LogP contribution in [0.5, 0.6) is 0 Å². The molecule has 330 valence electrons. The minimum absolute atomic E-state index is 0.00580. The summed E-state index contributed by atoms with van der Waals surface area (Å²) in [5.41, 5.74) is -0.679. The van der Waals surface area contributed by atoms with E-state index in [0.29, 0.717) is 19.0 Å². The Hall–Kier alpha value is -3.31. The van der Waals surface area contributed by atoms with Crippen LogP contribution < -0.4 is 5.32 Å². The highest BCUT2D eigenvalue weighted by molar-refractivity contribution is 5.90. The summed E-state index contributed by atoms with van der Waals surface area (Å²) in [6, 6.07) is 7.41. The van der Waals surface area contributed by atoms with E-state index in [-0.39, 0.29) is 49.3 Å². The number of para-hydroxylation sites is 1. The van der Waals surface area contributed by atoms with E-state index in [1.807, 2.05) is 77.0 Å². The number of amides is 2. The Kier molecular flexibility index (Phi) is 13.8. The molecule has 4 aliphatic rings. The van der Waals surface area contributed by atoms with Gasteiger partial charge in [0, 0.05) is 69.7 Å². The van der Waals surface area contributed by atoms with Crippen molar-refractivity contribution in [2.75, 3.05) is 27.7 Å². The lowest BCUT2D eigenvalue weighted by Gasteiger charge is -2.48. The standard InChI is InChI=1S/C44H69N5O10/c1-23(2)46-42-49(11)33-17-25(4)55-41(36(33)58-42)59-38-26(5)35(57-34-20-44(9,54-12)37(50)28(7)56-34)27(6)39(51)47-32(18-29-21-45-31-16-14-13-15-30(29)31)40(52)48(10)22-24(3)19-43(38,8)53/h13-16,21,23-28,32-38,41,45,50,53H,17-20,22H2,1-12H3,(H,47,51)/t24-,25-,26+,27-,28+,32+,33?,34+,35+,36?,37+,38-,41+,43-,44-/m1/s1. The molecule has 59 heavy (non-hydrogen) atoms. The second-order valence-corrected chi connectivity index (χ2v) is 18.6. The highest BCUT2D eigenvalue weighted by Crippen LogP contribution is 2.41. The largest absolute Gasteiger partial charge is 0.454 e. The van der Waals surface area contributed by atoms with Gasteiger partial charge in [-0.3, -0.25) is 9.59 Å². The number of aliphatic imine (C=N–C) groups is 1. The van der Waals surface area contributed by atoms with Crippen molar-refractivity contribution in [1.29, 1.82) is 0 Å². The monoisotopic (exact) mass is 828 g/mol. The molecule has 15 heteroatoms. The Morgan fingerprint density at radius 1 is 1.03 bits per heavy atom. The Labute approximate surface area is 349 Å². The van der Waals surface area contributed by atoms with Crippen molar-refractivity contribution >= 4 is 28.7 Å². The van der Waals surface area contributed by atoms with Crippen molar-refractivity contribution in [3.63, 3.8) is 0 Å². The molecule has 4 fully saturated rings. The van der Waals surface area contributed by atoms with E-state index >= 15 is 0 Å². The normalized spacial score (nSPS) is 41.0. The molecule has 0 radical (unpaired) electrons. The molecule has 15 nitrogen and oxygen atoms in total. The van der Waals surface area contributed by atoms with E-state index in [4.69, 9.17) is 33.4 Å². The summed E-state index contributed by atoms with van der Waals surface area (Å²) in [6.07, 6.45) is -2.75. The molecule has 0 spiro atoms. The molecule has 4 N–H and O–H groups in total. The van der Waals surface area contributed by atoms with E-state index in [0.717, 1.165) is 16.5 Å². The second-order valence-electron chi connectivity index (χ2n) is 18.6. The molecule has 4 aliphatic heterocycles. The number of fused-ring (bicyclic) bond motifs is 2. The number of methoxy groups -OCH3 is 1. The zero-order chi connectivity index (χ0) is 43.1. The van der Waals surface area contributed by atoms with Gasteiger partial charge in [-0.05, 0) is 71.9 Å². The Morgan fingerprint density at radius 2 is 1.75 bits per heavy atom. The number of nitrogens with one attached hydrogen (secondary N) is 2. The van der Waals surface area contributed by atoms with E-state index < -0.39 is 78.1 Å². The zero-order valence-corrected chi connectivity index (χ0v) is 37.0. The minimum atomic E-state index is -1.52. The number of aromatic nitrogens is 1. The topological polar surface area (TPSA) is 177 Å². The molecule has 15 atom stereocenters. The van der Waals surface area contributed by atoms with Gasteiger partial charge >= 0.3 is 0 Å². The molecule has 0 bridgehead atoms. The molecule has 2 unspecified atom stereocenters. The average molecular weight is 828 g/mol. The van der Waals surface area contributed by atoms with Crippen molar-refractivity contribution in [1.82, 2.24) is 20.1 Å². The number of rotatable bonds is 8. The van der Waals surface area contributed by atoms with Crippen LogP contribution in [0.4, 0.5) is 0 Å². The third kappa shape index (κ3) is 9.61. The fourth-order valence-corrected chi connectivity index (χ4v) is 9.83. The van der Waals surface area contributed by atoms with Gasteiger partial charge in [-0.2, -0.15) is 0 Å². The maximum Gasteiger partial charge on any atom is 0.288 e. The lowest BCUT2D eigenvalue weighted by Crippen LogP contribution is -2.60. The van der Waals surface area contributed by atoms with Crippen LogP contribution in [0.2, 0.25) is 0 Å². The fraction of sp³-hybridized carbons (Fsp3) is 0.750. The number of likely N-dealkylation sites (N-methyl/N-ethyl adjacent to an activating group) is 2. The molecule has 6 rings (SSSR count). The first-order valence-electron chi connectivity index (χ1n) is 21.4. The third-order valence-electron chi connectivity index (χ3n) is 13.0. The van der Waals surface area contributed by atoms with Crippen LogP contribution in [0.3, 0.4) is 0 Å².